The number of rotatable bonds is 5. The Kier molecular flexibility index (Phi) is 5.31. The molecule has 0 bridgehead atoms. The molecule has 116 valence electrons. The van der Waals surface area contributed by atoms with Crippen LogP contribution in [0.15, 0.2) is 28.7 Å². The van der Waals surface area contributed by atoms with E-state index in [9.17, 15) is 4.79 Å². The van der Waals surface area contributed by atoms with E-state index in [4.69, 9.17) is 4.74 Å². The summed E-state index contributed by atoms with van der Waals surface area (Å²) < 4.78 is 6.44. The Morgan fingerprint density at radius 1 is 1.43 bits per heavy atom. The molecule has 1 amide bonds. The van der Waals surface area contributed by atoms with Gasteiger partial charge in [-0.2, -0.15) is 0 Å². The van der Waals surface area contributed by atoms with Gasteiger partial charge in [0.2, 0.25) is 0 Å². The lowest BCUT2D eigenvalue weighted by Gasteiger charge is -2.24. The van der Waals surface area contributed by atoms with E-state index < -0.39 is 5.60 Å². The van der Waals surface area contributed by atoms with Crippen LogP contribution in [0.2, 0.25) is 0 Å². The van der Waals surface area contributed by atoms with Crippen molar-refractivity contribution in [1.29, 1.82) is 0 Å². The summed E-state index contributed by atoms with van der Waals surface area (Å²) in [4.78, 5) is 12.0. The van der Waals surface area contributed by atoms with Gasteiger partial charge >= 0.3 is 6.09 Å². The highest BCUT2D eigenvalue weighted by Crippen LogP contribution is 2.34. The highest BCUT2D eigenvalue weighted by molar-refractivity contribution is 9.10. The van der Waals surface area contributed by atoms with Crippen LogP contribution in [0, 0.1) is 5.92 Å². The predicted molar refractivity (Wildman–Crippen MR) is 88.3 cm³/mol. The summed E-state index contributed by atoms with van der Waals surface area (Å²) in [6, 6.07) is 8.39. The van der Waals surface area contributed by atoms with E-state index in [0.717, 1.165) is 23.2 Å². The van der Waals surface area contributed by atoms with Crippen LogP contribution < -0.4 is 5.32 Å². The van der Waals surface area contributed by atoms with Gasteiger partial charge in [-0.3, -0.25) is 0 Å². The Labute approximate surface area is 135 Å². The first-order valence-electron chi connectivity index (χ1n) is 7.56. The molecule has 3 nitrogen and oxygen atoms in total. The second-order valence-electron chi connectivity index (χ2n) is 6.86. The largest absolute Gasteiger partial charge is 0.444 e. The van der Waals surface area contributed by atoms with Gasteiger partial charge in [0.15, 0.2) is 0 Å². The fourth-order valence-electron chi connectivity index (χ4n) is 2.37. The van der Waals surface area contributed by atoms with Crippen molar-refractivity contribution < 1.29 is 9.53 Å². The molecule has 1 aromatic carbocycles. The molecule has 0 radical (unpaired) electrons. The van der Waals surface area contributed by atoms with E-state index in [2.05, 4.69) is 33.4 Å². The van der Waals surface area contributed by atoms with Crippen molar-refractivity contribution in [2.75, 3.05) is 0 Å². The normalized spacial score (nSPS) is 16.4. The van der Waals surface area contributed by atoms with Crippen molar-refractivity contribution in [3.05, 3.63) is 34.3 Å². The maximum absolute atomic E-state index is 12.0. The lowest BCUT2D eigenvalue weighted by Crippen LogP contribution is -2.40. The molecule has 1 unspecified atom stereocenters. The Balaban J connectivity index is 1.95. The summed E-state index contributed by atoms with van der Waals surface area (Å²) in [5.74, 6) is 0.761. The van der Waals surface area contributed by atoms with Crippen LogP contribution in [0.3, 0.4) is 0 Å². The maximum Gasteiger partial charge on any atom is 0.407 e. The molecule has 0 saturated heterocycles. The molecule has 0 spiro atoms. The molecule has 4 heteroatoms. The maximum atomic E-state index is 12.0. The first kappa shape index (κ1) is 16.3. The van der Waals surface area contributed by atoms with Gasteiger partial charge < -0.3 is 10.1 Å². The van der Waals surface area contributed by atoms with Crippen LogP contribution in [0.1, 0.15) is 45.6 Å². The SMILES string of the molecule is CC(C)(C)OC(=O)NC(Cc1cccc(Br)c1)CC1CC1. The van der Waals surface area contributed by atoms with Gasteiger partial charge in [0, 0.05) is 10.5 Å². The summed E-state index contributed by atoms with van der Waals surface area (Å²) in [6.07, 6.45) is 4.12. The summed E-state index contributed by atoms with van der Waals surface area (Å²) in [5.41, 5.74) is 0.773. The minimum absolute atomic E-state index is 0.140. The monoisotopic (exact) mass is 353 g/mol. The summed E-state index contributed by atoms with van der Waals surface area (Å²) in [7, 11) is 0. The number of halogens is 1. The van der Waals surface area contributed by atoms with Crippen molar-refractivity contribution in [2.24, 2.45) is 5.92 Å². The Bertz CT molecular complexity index is 492. The second-order valence-corrected chi connectivity index (χ2v) is 7.77. The molecule has 1 aliphatic carbocycles. The first-order valence-corrected chi connectivity index (χ1v) is 8.35. The fourth-order valence-corrected chi connectivity index (χ4v) is 2.82. The molecule has 0 heterocycles. The van der Waals surface area contributed by atoms with Crippen molar-refractivity contribution in [2.45, 2.75) is 58.1 Å². The van der Waals surface area contributed by atoms with Gasteiger partial charge in [-0.25, -0.2) is 4.79 Å². The molecule has 1 atom stereocenters. The van der Waals surface area contributed by atoms with Crippen molar-refractivity contribution in [3.8, 4) is 0 Å². The predicted octanol–water partition coefficient (Wildman–Crippen LogP) is 4.69. The average Bonchev–Trinajstić information content (AvgIpc) is 3.09. The zero-order chi connectivity index (χ0) is 15.5. The zero-order valence-corrected chi connectivity index (χ0v) is 14.6. The van der Waals surface area contributed by atoms with E-state index in [1.165, 1.54) is 18.4 Å². The van der Waals surface area contributed by atoms with Crippen LogP contribution in [0.5, 0.6) is 0 Å². The highest BCUT2D eigenvalue weighted by atomic mass is 79.9. The molecule has 1 fully saturated rings. The molecule has 2 rings (SSSR count). The Morgan fingerprint density at radius 2 is 2.14 bits per heavy atom. The minimum Gasteiger partial charge on any atom is -0.444 e. The first-order chi connectivity index (χ1) is 9.82. The molecular weight excluding hydrogens is 330 g/mol. The van der Waals surface area contributed by atoms with Crippen LogP contribution >= 0.6 is 15.9 Å². The third-order valence-electron chi connectivity index (χ3n) is 3.41. The van der Waals surface area contributed by atoms with E-state index in [1.807, 2.05) is 32.9 Å². The third-order valence-corrected chi connectivity index (χ3v) is 3.90. The lowest BCUT2D eigenvalue weighted by atomic mass is 10.0. The van der Waals surface area contributed by atoms with Gasteiger partial charge in [0.1, 0.15) is 5.60 Å². The van der Waals surface area contributed by atoms with Gasteiger partial charge in [-0.05, 0) is 57.2 Å². The number of carbonyl (C=O) groups is 1. The van der Waals surface area contributed by atoms with Gasteiger partial charge in [-0.15, -0.1) is 0 Å². The number of hydrogen-bond donors (Lipinski definition) is 1. The number of carbonyl (C=O) groups excluding carboxylic acids is 1. The quantitative estimate of drug-likeness (QED) is 0.833. The Morgan fingerprint density at radius 3 is 2.71 bits per heavy atom. The van der Waals surface area contributed by atoms with Gasteiger partial charge in [0.25, 0.3) is 0 Å². The van der Waals surface area contributed by atoms with E-state index in [1.54, 1.807) is 0 Å². The van der Waals surface area contributed by atoms with E-state index >= 15 is 0 Å². The molecule has 1 aromatic rings. The van der Waals surface area contributed by atoms with Crippen LogP contribution in [-0.2, 0) is 11.2 Å². The van der Waals surface area contributed by atoms with Crippen molar-refractivity contribution in [1.82, 2.24) is 5.32 Å². The zero-order valence-electron chi connectivity index (χ0n) is 13.0. The van der Waals surface area contributed by atoms with Crippen molar-refractivity contribution in [3.63, 3.8) is 0 Å². The lowest BCUT2D eigenvalue weighted by molar-refractivity contribution is 0.0500. The fraction of sp³-hybridized carbons (Fsp3) is 0.588. The average molecular weight is 354 g/mol. The summed E-state index contributed by atoms with van der Waals surface area (Å²) in [6.45, 7) is 5.66. The smallest absolute Gasteiger partial charge is 0.407 e. The molecule has 1 aliphatic rings. The van der Waals surface area contributed by atoms with Crippen LogP contribution in [0.4, 0.5) is 4.79 Å². The van der Waals surface area contributed by atoms with Crippen LogP contribution in [-0.4, -0.2) is 17.7 Å². The molecular formula is C17H24BrNO2. The van der Waals surface area contributed by atoms with Crippen molar-refractivity contribution >= 4 is 22.0 Å². The summed E-state index contributed by atoms with van der Waals surface area (Å²) in [5, 5.41) is 3.04. The number of nitrogens with one attached hydrogen (secondary N) is 1. The minimum atomic E-state index is -0.454. The van der Waals surface area contributed by atoms with E-state index in [0.29, 0.717) is 0 Å². The molecule has 0 aromatic heterocycles. The van der Waals surface area contributed by atoms with E-state index in [-0.39, 0.29) is 12.1 Å². The molecule has 1 N–H and O–H groups in total. The standard InChI is InChI=1S/C17H24BrNO2/c1-17(2,3)21-16(20)19-15(10-12-7-8-12)11-13-5-4-6-14(18)9-13/h4-6,9,12,15H,7-8,10-11H2,1-3H3,(H,19,20). The Hall–Kier alpha value is -1.03. The molecule has 21 heavy (non-hydrogen) atoms. The topological polar surface area (TPSA) is 38.3 Å². The number of ether oxygens (including phenoxy) is 1. The number of hydrogen-bond acceptors (Lipinski definition) is 2. The number of amides is 1. The number of alkyl carbamates (subject to hydrolysis) is 1. The summed E-state index contributed by atoms with van der Waals surface area (Å²) >= 11 is 3.49. The highest BCUT2D eigenvalue weighted by Gasteiger charge is 2.27. The molecule has 1 saturated carbocycles. The number of benzene rings is 1. The second kappa shape index (κ2) is 6.82. The third kappa shape index (κ3) is 6.51. The van der Waals surface area contributed by atoms with Gasteiger partial charge in [0.05, 0.1) is 0 Å². The van der Waals surface area contributed by atoms with Gasteiger partial charge in [-0.1, -0.05) is 40.9 Å². The van der Waals surface area contributed by atoms with Crippen LogP contribution in [0.25, 0.3) is 0 Å². The molecule has 0 aliphatic heterocycles.